The molecule has 0 amide bonds. The predicted octanol–water partition coefficient (Wildman–Crippen LogP) is 1.83. The Morgan fingerprint density at radius 3 is 2.03 bits per heavy atom. The van der Waals surface area contributed by atoms with Crippen LogP contribution in [0.25, 0.3) is 0 Å². The highest BCUT2D eigenvalue weighted by Crippen LogP contribution is 2.37. The number of carbonyl (C=O) groups excluding carboxylic acids is 1. The maximum absolute atomic E-state index is 11.9. The van der Waals surface area contributed by atoms with E-state index in [4.69, 9.17) is 9.16 Å². The van der Waals surface area contributed by atoms with Crippen molar-refractivity contribution in [1.82, 2.24) is 5.32 Å². The number of aliphatic hydroxyl groups is 1. The van der Waals surface area contributed by atoms with Gasteiger partial charge in [0.1, 0.15) is 6.04 Å². The molecule has 1 aliphatic heterocycles. The summed E-state index contributed by atoms with van der Waals surface area (Å²) in [5.74, 6) is -0.350. The van der Waals surface area contributed by atoms with E-state index in [1.54, 1.807) is 0 Å². The number of ether oxygens (including phenoxy) is 1. The van der Waals surface area contributed by atoms with Crippen LogP contribution >= 0.6 is 0 Å². The van der Waals surface area contributed by atoms with Crippen molar-refractivity contribution in [2.45, 2.75) is 50.4 Å². The normalized spacial score (nSPS) is 22.4. The molecular weight excluding hydrogens is 382 g/mol. The van der Waals surface area contributed by atoms with Crippen LogP contribution in [0.4, 0.5) is 0 Å². The highest BCUT2D eigenvalue weighted by atomic mass is 28.4. The molecule has 1 saturated heterocycles. The van der Waals surface area contributed by atoms with Gasteiger partial charge in [0.05, 0.1) is 25.9 Å². The monoisotopic (exact) mass is 413 g/mol. The zero-order valence-electron chi connectivity index (χ0n) is 17.6. The summed E-state index contributed by atoms with van der Waals surface area (Å²) < 4.78 is 11.7. The Morgan fingerprint density at radius 2 is 1.59 bits per heavy atom. The molecule has 2 N–H and O–H groups in total. The second-order valence-corrected chi connectivity index (χ2v) is 12.9. The maximum Gasteiger partial charge on any atom is 0.322 e. The third kappa shape index (κ3) is 4.30. The second-order valence-electron chi connectivity index (χ2n) is 8.63. The lowest BCUT2D eigenvalue weighted by molar-refractivity contribution is -0.142. The van der Waals surface area contributed by atoms with Gasteiger partial charge in [0, 0.05) is 6.42 Å². The van der Waals surface area contributed by atoms with Gasteiger partial charge in [-0.2, -0.15) is 0 Å². The van der Waals surface area contributed by atoms with Crippen molar-refractivity contribution < 1.29 is 19.1 Å². The fraction of sp³-hybridized carbons (Fsp3) is 0.435. The van der Waals surface area contributed by atoms with Gasteiger partial charge >= 0.3 is 5.97 Å². The first-order chi connectivity index (χ1) is 13.8. The average molecular weight is 414 g/mol. The molecule has 3 rings (SSSR count). The summed E-state index contributed by atoms with van der Waals surface area (Å²) in [6, 6.07) is 20.0. The van der Waals surface area contributed by atoms with E-state index in [1.165, 1.54) is 17.5 Å². The van der Waals surface area contributed by atoms with Crippen LogP contribution in [-0.2, 0) is 14.0 Å². The molecule has 0 radical (unpaired) electrons. The number of hydrogen-bond donors (Lipinski definition) is 2. The van der Waals surface area contributed by atoms with E-state index in [2.05, 4.69) is 50.4 Å². The lowest BCUT2D eigenvalue weighted by Crippen LogP contribution is -2.67. The number of hydrogen-bond acceptors (Lipinski definition) is 5. The first kappa shape index (κ1) is 21.7. The maximum atomic E-state index is 11.9. The number of nitrogens with one attached hydrogen (secondary N) is 1. The van der Waals surface area contributed by atoms with Crippen LogP contribution in [0.5, 0.6) is 0 Å². The fourth-order valence-corrected chi connectivity index (χ4v) is 8.87. The van der Waals surface area contributed by atoms with Gasteiger partial charge in [0.2, 0.25) is 0 Å². The first-order valence-electron chi connectivity index (χ1n) is 10.1. The van der Waals surface area contributed by atoms with Gasteiger partial charge in [-0.1, -0.05) is 81.4 Å². The summed E-state index contributed by atoms with van der Waals surface area (Å²) in [7, 11) is -1.31. The Balaban J connectivity index is 1.95. The van der Waals surface area contributed by atoms with Gasteiger partial charge < -0.3 is 14.3 Å². The van der Waals surface area contributed by atoms with Crippen LogP contribution in [0.3, 0.4) is 0 Å². The molecule has 2 aromatic rings. The van der Waals surface area contributed by atoms with E-state index in [-0.39, 0.29) is 17.0 Å². The molecule has 0 spiro atoms. The molecule has 0 aliphatic carbocycles. The van der Waals surface area contributed by atoms with Crippen molar-refractivity contribution >= 4 is 24.7 Å². The molecule has 0 bridgehead atoms. The molecule has 0 saturated carbocycles. The standard InChI is InChI=1S/C23H31NO4Si/c1-23(2,3)29(17-11-7-5-8-12-17,18-13-9-6-10-14-18)28-16-20-21(25)15-19(24-20)22(26)27-4/h5-14,19-21,24-25H,15-16H2,1-4H3/t19-,20+,21-/m0/s1. The van der Waals surface area contributed by atoms with Gasteiger partial charge in [-0.3, -0.25) is 10.1 Å². The Kier molecular flexibility index (Phi) is 6.58. The fourth-order valence-electron chi connectivity index (χ4n) is 4.29. The van der Waals surface area contributed by atoms with E-state index in [0.717, 1.165) is 0 Å². The van der Waals surface area contributed by atoms with Crippen LogP contribution in [0.1, 0.15) is 27.2 Å². The summed E-state index contributed by atoms with van der Waals surface area (Å²) in [5, 5.41) is 15.9. The quantitative estimate of drug-likeness (QED) is 0.559. The van der Waals surface area contributed by atoms with Crippen molar-refractivity contribution in [1.29, 1.82) is 0 Å². The minimum atomic E-state index is -2.67. The SMILES string of the molecule is COC(=O)[C@@H]1C[C@H](O)[C@@H](CO[Si](c2ccccc2)(c2ccccc2)C(C)(C)C)N1. The molecular formula is C23H31NO4Si. The molecule has 0 aromatic heterocycles. The van der Waals surface area contributed by atoms with E-state index < -0.39 is 20.5 Å². The number of methoxy groups -OCH3 is 1. The third-order valence-corrected chi connectivity index (χ3v) is 10.7. The number of carbonyl (C=O) groups is 1. The Bertz CT molecular complexity index is 767. The van der Waals surface area contributed by atoms with Crippen molar-refractivity contribution in [3.05, 3.63) is 60.7 Å². The minimum absolute atomic E-state index is 0.138. The van der Waals surface area contributed by atoms with Crippen LogP contribution < -0.4 is 15.7 Å². The average Bonchev–Trinajstić information content (AvgIpc) is 3.09. The summed E-state index contributed by atoms with van der Waals surface area (Å²) in [4.78, 5) is 11.9. The van der Waals surface area contributed by atoms with E-state index in [9.17, 15) is 9.90 Å². The van der Waals surface area contributed by atoms with Crippen molar-refractivity contribution in [2.75, 3.05) is 13.7 Å². The topological polar surface area (TPSA) is 67.8 Å². The first-order valence-corrected chi connectivity index (χ1v) is 12.0. The van der Waals surface area contributed by atoms with Gasteiger partial charge in [-0.05, 0) is 15.4 Å². The molecule has 1 heterocycles. The smallest absolute Gasteiger partial charge is 0.322 e. The molecule has 156 valence electrons. The summed E-state index contributed by atoms with van der Waals surface area (Å²) in [5.41, 5.74) is 0. The van der Waals surface area contributed by atoms with Crippen molar-refractivity contribution in [2.24, 2.45) is 0 Å². The van der Waals surface area contributed by atoms with E-state index in [0.29, 0.717) is 13.0 Å². The highest BCUT2D eigenvalue weighted by molar-refractivity contribution is 6.99. The molecule has 1 fully saturated rings. The van der Waals surface area contributed by atoms with Gasteiger partial charge in [-0.15, -0.1) is 0 Å². The molecule has 2 aromatic carbocycles. The Morgan fingerprint density at radius 1 is 1.07 bits per heavy atom. The lowest BCUT2D eigenvalue weighted by atomic mass is 10.1. The van der Waals surface area contributed by atoms with E-state index >= 15 is 0 Å². The number of esters is 1. The molecule has 29 heavy (non-hydrogen) atoms. The second kappa shape index (κ2) is 8.79. The largest absolute Gasteiger partial charge is 0.468 e. The number of aliphatic hydroxyl groups excluding tert-OH is 1. The number of benzene rings is 2. The summed E-state index contributed by atoms with van der Waals surface area (Å²) in [6.07, 6.45) is -0.320. The van der Waals surface area contributed by atoms with E-state index in [1.807, 2.05) is 36.4 Å². The predicted molar refractivity (Wildman–Crippen MR) is 117 cm³/mol. The van der Waals surface area contributed by atoms with Gasteiger partial charge in [0.25, 0.3) is 8.32 Å². The van der Waals surface area contributed by atoms with Gasteiger partial charge in [-0.25, -0.2) is 0 Å². The van der Waals surface area contributed by atoms with Crippen LogP contribution in [-0.4, -0.2) is 51.3 Å². The van der Waals surface area contributed by atoms with Crippen LogP contribution in [0.2, 0.25) is 5.04 Å². The lowest BCUT2D eigenvalue weighted by Gasteiger charge is -2.43. The summed E-state index contributed by atoms with van der Waals surface area (Å²) in [6.45, 7) is 6.97. The molecule has 1 aliphatic rings. The minimum Gasteiger partial charge on any atom is -0.468 e. The van der Waals surface area contributed by atoms with Crippen molar-refractivity contribution in [3.63, 3.8) is 0 Å². The zero-order chi connectivity index (χ0) is 21.1. The Labute approximate surface area is 174 Å². The molecule has 3 atom stereocenters. The molecule has 5 nitrogen and oxygen atoms in total. The van der Waals surface area contributed by atoms with Crippen LogP contribution in [0.15, 0.2) is 60.7 Å². The molecule has 6 heteroatoms. The zero-order valence-corrected chi connectivity index (χ0v) is 18.6. The van der Waals surface area contributed by atoms with Gasteiger partial charge in [0.15, 0.2) is 0 Å². The Hall–Kier alpha value is -1.99. The summed E-state index contributed by atoms with van der Waals surface area (Å²) >= 11 is 0. The van der Waals surface area contributed by atoms with Crippen LogP contribution in [0, 0.1) is 0 Å². The molecule has 0 unspecified atom stereocenters. The highest BCUT2D eigenvalue weighted by Gasteiger charge is 2.51. The van der Waals surface area contributed by atoms with Crippen molar-refractivity contribution in [3.8, 4) is 0 Å². The number of rotatable bonds is 6. The third-order valence-electron chi connectivity index (χ3n) is 5.74.